The molecule has 0 atom stereocenters. The van der Waals surface area contributed by atoms with E-state index in [1.807, 2.05) is 27.3 Å². The van der Waals surface area contributed by atoms with Crippen molar-refractivity contribution < 1.29 is 18.9 Å². The fraction of sp³-hybridized carbons (Fsp3) is 0.565. The maximum atomic E-state index is 12.9. The molecule has 31 heavy (non-hydrogen) atoms. The average molecular weight is 444 g/mol. The van der Waals surface area contributed by atoms with Gasteiger partial charge in [-0.1, -0.05) is 11.2 Å². The van der Waals surface area contributed by atoms with Gasteiger partial charge >= 0.3 is 0 Å². The standard InChI is InChI=1S/C23H29N3O4S/c1-16-21(17(2)30-24-16)22(29)25-11-8-23(9-12-25)10-13-26(15-23)20(28)7-3-5-18(27)19-6-4-14-31-19/h4,6,14H,3,5,7-13,15H2,1-2H3. The first kappa shape index (κ1) is 21.7. The van der Waals surface area contributed by atoms with Crippen LogP contribution < -0.4 is 0 Å². The third-order valence-corrected chi connectivity index (χ3v) is 7.65. The van der Waals surface area contributed by atoms with Gasteiger partial charge in [-0.15, -0.1) is 11.3 Å². The molecule has 1 spiro atoms. The van der Waals surface area contributed by atoms with Gasteiger partial charge in [0.25, 0.3) is 5.91 Å². The van der Waals surface area contributed by atoms with E-state index in [2.05, 4.69) is 5.16 Å². The van der Waals surface area contributed by atoms with Gasteiger partial charge in [-0.3, -0.25) is 14.4 Å². The van der Waals surface area contributed by atoms with E-state index in [0.29, 0.717) is 49.4 Å². The maximum absolute atomic E-state index is 12.9. The lowest BCUT2D eigenvalue weighted by Gasteiger charge is -2.39. The van der Waals surface area contributed by atoms with E-state index in [-0.39, 0.29) is 23.0 Å². The molecule has 4 heterocycles. The number of amides is 2. The zero-order chi connectivity index (χ0) is 22.0. The molecule has 2 aromatic heterocycles. The number of piperidine rings is 1. The van der Waals surface area contributed by atoms with E-state index in [1.165, 1.54) is 11.3 Å². The highest BCUT2D eigenvalue weighted by atomic mass is 32.1. The Morgan fingerprint density at radius 2 is 1.81 bits per heavy atom. The third-order valence-electron chi connectivity index (χ3n) is 6.74. The first-order valence-corrected chi connectivity index (χ1v) is 11.8. The van der Waals surface area contributed by atoms with Crippen molar-refractivity contribution >= 4 is 28.9 Å². The molecule has 8 heteroatoms. The van der Waals surface area contributed by atoms with Crippen molar-refractivity contribution in [1.29, 1.82) is 0 Å². The van der Waals surface area contributed by atoms with Crippen LogP contribution >= 0.6 is 11.3 Å². The normalized spacial score (nSPS) is 18.0. The summed E-state index contributed by atoms with van der Waals surface area (Å²) < 4.78 is 5.15. The number of hydrogen-bond donors (Lipinski definition) is 0. The summed E-state index contributed by atoms with van der Waals surface area (Å²) in [5, 5.41) is 5.79. The monoisotopic (exact) mass is 443 g/mol. The molecule has 0 N–H and O–H groups in total. The molecule has 0 aromatic carbocycles. The van der Waals surface area contributed by atoms with Crippen LogP contribution in [0.1, 0.15) is 70.0 Å². The fourth-order valence-corrected chi connectivity index (χ4v) is 5.50. The van der Waals surface area contributed by atoms with Crippen molar-refractivity contribution in [1.82, 2.24) is 15.0 Å². The Morgan fingerprint density at radius 3 is 2.42 bits per heavy atom. The molecule has 2 aromatic rings. The van der Waals surface area contributed by atoms with Crippen molar-refractivity contribution in [2.24, 2.45) is 5.41 Å². The number of rotatable bonds is 6. The summed E-state index contributed by atoms with van der Waals surface area (Å²) >= 11 is 1.45. The summed E-state index contributed by atoms with van der Waals surface area (Å²) in [5.74, 6) is 0.825. The van der Waals surface area contributed by atoms with Crippen LogP contribution in [0.2, 0.25) is 0 Å². The van der Waals surface area contributed by atoms with Gasteiger partial charge in [0.05, 0.1) is 10.6 Å². The maximum Gasteiger partial charge on any atom is 0.259 e. The van der Waals surface area contributed by atoms with E-state index < -0.39 is 0 Å². The van der Waals surface area contributed by atoms with Crippen LogP contribution in [0.5, 0.6) is 0 Å². The van der Waals surface area contributed by atoms with Gasteiger partial charge in [0.1, 0.15) is 11.3 Å². The number of ketones is 1. The zero-order valence-electron chi connectivity index (χ0n) is 18.2. The Balaban J connectivity index is 1.24. The second-order valence-electron chi connectivity index (χ2n) is 8.81. The predicted molar refractivity (Wildman–Crippen MR) is 117 cm³/mol. The molecule has 7 nitrogen and oxygen atoms in total. The average Bonchev–Trinajstić information content (AvgIpc) is 3.50. The Hall–Kier alpha value is -2.48. The number of carbonyl (C=O) groups is 3. The van der Waals surface area contributed by atoms with E-state index >= 15 is 0 Å². The molecule has 0 unspecified atom stereocenters. The molecular weight excluding hydrogens is 414 g/mol. The molecule has 2 saturated heterocycles. The van der Waals surface area contributed by atoms with Crippen molar-refractivity contribution in [3.05, 3.63) is 39.4 Å². The van der Waals surface area contributed by atoms with Gasteiger partial charge in [-0.2, -0.15) is 0 Å². The van der Waals surface area contributed by atoms with Crippen LogP contribution in [0.25, 0.3) is 0 Å². The number of carbonyl (C=O) groups excluding carboxylic acids is 3. The van der Waals surface area contributed by atoms with Gasteiger partial charge < -0.3 is 14.3 Å². The van der Waals surface area contributed by atoms with E-state index in [0.717, 1.165) is 37.2 Å². The molecule has 0 aliphatic carbocycles. The summed E-state index contributed by atoms with van der Waals surface area (Å²) in [7, 11) is 0. The molecule has 2 amide bonds. The van der Waals surface area contributed by atoms with Crippen LogP contribution in [-0.4, -0.2) is 58.7 Å². The molecule has 4 rings (SSSR count). The number of likely N-dealkylation sites (tertiary alicyclic amines) is 2. The largest absolute Gasteiger partial charge is 0.361 e. The molecule has 0 radical (unpaired) electrons. The molecule has 2 fully saturated rings. The minimum Gasteiger partial charge on any atom is -0.361 e. The SMILES string of the molecule is Cc1noc(C)c1C(=O)N1CCC2(CCN(C(=O)CCCC(=O)c3cccs3)C2)CC1. The van der Waals surface area contributed by atoms with E-state index in [9.17, 15) is 14.4 Å². The second-order valence-corrected chi connectivity index (χ2v) is 9.76. The van der Waals surface area contributed by atoms with Crippen LogP contribution in [0.4, 0.5) is 0 Å². The Bertz CT molecular complexity index is 938. The van der Waals surface area contributed by atoms with Gasteiger partial charge in [-0.25, -0.2) is 0 Å². The second kappa shape index (κ2) is 8.94. The van der Waals surface area contributed by atoms with E-state index in [1.54, 1.807) is 13.8 Å². The van der Waals surface area contributed by atoms with Gasteiger partial charge in [0.2, 0.25) is 5.91 Å². The number of Topliss-reactive ketones (excluding diaryl/α,β-unsaturated/α-hetero) is 1. The summed E-state index contributed by atoms with van der Waals surface area (Å²) in [5.41, 5.74) is 1.33. The molecule has 166 valence electrons. The summed E-state index contributed by atoms with van der Waals surface area (Å²) in [6, 6.07) is 3.71. The fourth-order valence-electron chi connectivity index (χ4n) is 4.81. The van der Waals surface area contributed by atoms with Gasteiger partial charge in [0, 0.05) is 39.0 Å². The van der Waals surface area contributed by atoms with Crippen molar-refractivity contribution in [2.75, 3.05) is 26.2 Å². The topological polar surface area (TPSA) is 83.7 Å². The first-order chi connectivity index (χ1) is 14.9. The molecule has 2 aliphatic rings. The highest BCUT2D eigenvalue weighted by Crippen LogP contribution is 2.41. The smallest absolute Gasteiger partial charge is 0.259 e. The first-order valence-electron chi connectivity index (χ1n) is 11.0. The third kappa shape index (κ3) is 4.59. The molecule has 0 saturated carbocycles. The predicted octanol–water partition coefficient (Wildman–Crippen LogP) is 3.86. The minimum atomic E-state index is -0.00700. The Labute approximate surface area is 186 Å². The number of nitrogens with zero attached hydrogens (tertiary/aromatic N) is 3. The highest BCUT2D eigenvalue weighted by molar-refractivity contribution is 7.12. The molecule has 2 aliphatic heterocycles. The lowest BCUT2D eigenvalue weighted by Crippen LogP contribution is -2.45. The Morgan fingerprint density at radius 1 is 1.10 bits per heavy atom. The van der Waals surface area contributed by atoms with Crippen LogP contribution in [0, 0.1) is 19.3 Å². The van der Waals surface area contributed by atoms with Crippen LogP contribution in [0.3, 0.4) is 0 Å². The van der Waals surface area contributed by atoms with Crippen LogP contribution in [0.15, 0.2) is 22.0 Å². The van der Waals surface area contributed by atoms with Crippen molar-refractivity contribution in [3.8, 4) is 0 Å². The van der Waals surface area contributed by atoms with Crippen molar-refractivity contribution in [2.45, 2.75) is 52.4 Å². The minimum absolute atomic E-state index is 0.00700. The quantitative estimate of drug-likeness (QED) is 0.633. The number of hydrogen-bond acceptors (Lipinski definition) is 6. The van der Waals surface area contributed by atoms with Gasteiger partial charge in [0.15, 0.2) is 5.78 Å². The lowest BCUT2D eigenvalue weighted by molar-refractivity contribution is -0.130. The summed E-state index contributed by atoms with van der Waals surface area (Å²) in [6.07, 6.45) is 4.23. The summed E-state index contributed by atoms with van der Waals surface area (Å²) in [4.78, 5) is 42.3. The van der Waals surface area contributed by atoms with Crippen molar-refractivity contribution in [3.63, 3.8) is 0 Å². The number of aromatic nitrogens is 1. The Kier molecular flexibility index (Phi) is 6.27. The lowest BCUT2D eigenvalue weighted by atomic mass is 9.77. The molecule has 0 bridgehead atoms. The van der Waals surface area contributed by atoms with E-state index in [4.69, 9.17) is 4.52 Å². The number of thiophene rings is 1. The van der Waals surface area contributed by atoms with Crippen LogP contribution in [-0.2, 0) is 4.79 Å². The number of aryl methyl sites for hydroxylation is 2. The molecular formula is C23H29N3O4S. The highest BCUT2D eigenvalue weighted by Gasteiger charge is 2.43. The summed E-state index contributed by atoms with van der Waals surface area (Å²) in [6.45, 7) is 6.49. The zero-order valence-corrected chi connectivity index (χ0v) is 19.0. The van der Waals surface area contributed by atoms with Gasteiger partial charge in [-0.05, 0) is 56.4 Å².